The number of nitrogens with one attached hydrogen (secondary N) is 1. The summed E-state index contributed by atoms with van der Waals surface area (Å²) in [4.78, 5) is 16.0. The third-order valence-electron chi connectivity index (χ3n) is 4.39. The number of aromatic nitrogens is 1. The number of hydrogen-bond acceptors (Lipinski definition) is 3. The van der Waals surface area contributed by atoms with E-state index in [1.54, 1.807) is 24.3 Å². The summed E-state index contributed by atoms with van der Waals surface area (Å²) in [5.74, 6) is 0.452. The Morgan fingerprint density at radius 3 is 2.63 bits per heavy atom. The van der Waals surface area contributed by atoms with E-state index in [9.17, 15) is 4.79 Å². The Bertz CT molecular complexity index is 973. The van der Waals surface area contributed by atoms with Gasteiger partial charge in [0.15, 0.2) is 0 Å². The normalized spacial score (nSPS) is 11.6. The number of esters is 1. The molecule has 0 amide bonds. The van der Waals surface area contributed by atoms with E-state index in [1.165, 1.54) is 7.11 Å². The van der Waals surface area contributed by atoms with E-state index in [0.29, 0.717) is 22.1 Å². The van der Waals surface area contributed by atoms with Gasteiger partial charge in [0.2, 0.25) is 0 Å². The fourth-order valence-corrected chi connectivity index (χ4v) is 3.12. The molecule has 1 N–H and O–H groups in total. The van der Waals surface area contributed by atoms with Crippen molar-refractivity contribution in [2.75, 3.05) is 34.8 Å². The third kappa shape index (κ3) is 4.43. The standard InChI is InChI=1S/C21H24ClN2O3/c1-24(2,3)11-10-14-13-23-17-6-5-7-19(20(14)17)27-21(25)16-12-15(22)8-9-18(16)26-4/h5-9,12-13,23H,10-11H2,1-4H3/q+1. The first kappa shape index (κ1) is 19.3. The number of methoxy groups -OCH3 is 1. The number of benzene rings is 2. The lowest BCUT2D eigenvalue weighted by atomic mass is 10.1. The first-order valence-electron chi connectivity index (χ1n) is 8.73. The van der Waals surface area contributed by atoms with Crippen molar-refractivity contribution in [3.8, 4) is 11.5 Å². The van der Waals surface area contributed by atoms with Crippen molar-refractivity contribution in [1.82, 2.24) is 4.98 Å². The van der Waals surface area contributed by atoms with E-state index >= 15 is 0 Å². The molecule has 3 rings (SSSR count). The summed E-state index contributed by atoms with van der Waals surface area (Å²) < 4.78 is 11.9. The quantitative estimate of drug-likeness (QED) is 0.390. The predicted molar refractivity (Wildman–Crippen MR) is 108 cm³/mol. The van der Waals surface area contributed by atoms with Crippen LogP contribution in [-0.4, -0.2) is 50.2 Å². The van der Waals surface area contributed by atoms with Crippen LogP contribution in [0.15, 0.2) is 42.6 Å². The minimum atomic E-state index is -0.499. The molecule has 0 fully saturated rings. The second-order valence-corrected chi connectivity index (χ2v) is 7.93. The van der Waals surface area contributed by atoms with Crippen molar-refractivity contribution < 1.29 is 18.8 Å². The number of aromatic amines is 1. The summed E-state index contributed by atoms with van der Waals surface area (Å²) in [7, 11) is 7.97. The number of halogens is 1. The number of H-pyrrole nitrogens is 1. The summed E-state index contributed by atoms with van der Waals surface area (Å²) in [6.45, 7) is 0.970. The molecule has 5 nitrogen and oxygen atoms in total. The zero-order chi connectivity index (χ0) is 19.6. The van der Waals surface area contributed by atoms with Crippen molar-refractivity contribution in [2.24, 2.45) is 0 Å². The highest BCUT2D eigenvalue weighted by Gasteiger charge is 2.19. The summed E-state index contributed by atoms with van der Waals surface area (Å²) in [6, 6.07) is 10.5. The molecule has 6 heteroatoms. The predicted octanol–water partition coefficient (Wildman–Crippen LogP) is 4.30. The molecule has 0 aliphatic rings. The maximum atomic E-state index is 12.8. The molecule has 3 aromatic rings. The zero-order valence-corrected chi connectivity index (χ0v) is 16.8. The third-order valence-corrected chi connectivity index (χ3v) is 4.62. The van der Waals surface area contributed by atoms with Crippen molar-refractivity contribution in [2.45, 2.75) is 6.42 Å². The highest BCUT2D eigenvalue weighted by atomic mass is 35.5. The molecule has 0 saturated heterocycles. The number of ether oxygens (including phenoxy) is 2. The largest absolute Gasteiger partial charge is 0.496 e. The maximum absolute atomic E-state index is 12.8. The van der Waals surface area contributed by atoms with Gasteiger partial charge in [-0.2, -0.15) is 0 Å². The second kappa shape index (κ2) is 7.62. The molecule has 1 heterocycles. The summed E-state index contributed by atoms with van der Waals surface area (Å²) in [6.07, 6.45) is 2.86. The van der Waals surface area contributed by atoms with Gasteiger partial charge in [-0.15, -0.1) is 0 Å². The van der Waals surface area contributed by atoms with E-state index in [1.807, 2.05) is 18.3 Å². The van der Waals surface area contributed by atoms with Crippen LogP contribution >= 0.6 is 11.6 Å². The minimum absolute atomic E-state index is 0.297. The van der Waals surface area contributed by atoms with Gasteiger partial charge in [0.25, 0.3) is 0 Å². The SMILES string of the molecule is COc1ccc(Cl)cc1C(=O)Oc1cccc2[nH]cc(CC[N+](C)(C)C)c12. The highest BCUT2D eigenvalue weighted by molar-refractivity contribution is 6.31. The number of hydrogen-bond donors (Lipinski definition) is 1. The lowest BCUT2D eigenvalue weighted by Crippen LogP contribution is -2.36. The molecule has 0 aliphatic heterocycles. The molecule has 0 spiro atoms. The van der Waals surface area contributed by atoms with Crippen molar-refractivity contribution in [3.05, 3.63) is 58.7 Å². The van der Waals surface area contributed by atoms with Crippen LogP contribution in [0.4, 0.5) is 0 Å². The molecule has 2 aromatic carbocycles. The van der Waals surface area contributed by atoms with Gasteiger partial charge in [-0.3, -0.25) is 0 Å². The summed E-state index contributed by atoms with van der Waals surface area (Å²) in [5.41, 5.74) is 2.36. The fourth-order valence-electron chi connectivity index (χ4n) is 2.95. The van der Waals surface area contributed by atoms with Crippen molar-refractivity contribution >= 4 is 28.5 Å². The van der Waals surface area contributed by atoms with Crippen LogP contribution in [0.25, 0.3) is 10.9 Å². The van der Waals surface area contributed by atoms with Gasteiger partial charge in [0.05, 0.1) is 34.8 Å². The fraction of sp³-hybridized carbons (Fsp3) is 0.286. The first-order chi connectivity index (χ1) is 12.8. The molecule has 0 unspecified atom stereocenters. The number of fused-ring (bicyclic) bond motifs is 1. The van der Waals surface area contributed by atoms with Gasteiger partial charge < -0.3 is 18.9 Å². The number of carbonyl (C=O) groups excluding carboxylic acids is 1. The lowest BCUT2D eigenvalue weighted by Gasteiger charge is -2.23. The Hall–Kier alpha value is -2.50. The molecule has 0 atom stereocenters. The van der Waals surface area contributed by atoms with E-state index in [-0.39, 0.29) is 0 Å². The van der Waals surface area contributed by atoms with Crippen LogP contribution in [0, 0.1) is 0 Å². The summed E-state index contributed by atoms with van der Waals surface area (Å²) in [5, 5.41) is 1.38. The number of rotatable bonds is 6. The van der Waals surface area contributed by atoms with Gasteiger partial charge in [-0.25, -0.2) is 4.79 Å². The minimum Gasteiger partial charge on any atom is -0.496 e. The van der Waals surface area contributed by atoms with Crippen LogP contribution in [0.3, 0.4) is 0 Å². The Morgan fingerprint density at radius 2 is 1.93 bits per heavy atom. The molecule has 0 aliphatic carbocycles. The zero-order valence-electron chi connectivity index (χ0n) is 16.0. The Morgan fingerprint density at radius 1 is 1.15 bits per heavy atom. The second-order valence-electron chi connectivity index (χ2n) is 7.49. The molecule has 142 valence electrons. The first-order valence-corrected chi connectivity index (χ1v) is 9.11. The molecular formula is C21H24ClN2O3+. The average Bonchev–Trinajstić information content (AvgIpc) is 3.03. The van der Waals surface area contributed by atoms with Gasteiger partial charge >= 0.3 is 5.97 Å². The van der Waals surface area contributed by atoms with Gasteiger partial charge in [-0.05, 0) is 35.9 Å². The van der Waals surface area contributed by atoms with Crippen LogP contribution in [0.2, 0.25) is 5.02 Å². The Balaban J connectivity index is 1.94. The summed E-state index contributed by atoms with van der Waals surface area (Å²) >= 11 is 6.04. The van der Waals surface area contributed by atoms with Crippen LogP contribution in [-0.2, 0) is 6.42 Å². The Kier molecular flexibility index (Phi) is 5.44. The number of carbonyl (C=O) groups is 1. The van der Waals surface area contributed by atoms with Crippen LogP contribution in [0.5, 0.6) is 11.5 Å². The van der Waals surface area contributed by atoms with Gasteiger partial charge in [-0.1, -0.05) is 17.7 Å². The van der Waals surface area contributed by atoms with E-state index in [2.05, 4.69) is 26.1 Å². The Labute approximate surface area is 164 Å². The molecule has 0 radical (unpaired) electrons. The average molecular weight is 388 g/mol. The number of quaternary nitrogens is 1. The smallest absolute Gasteiger partial charge is 0.347 e. The van der Waals surface area contributed by atoms with Crippen molar-refractivity contribution in [3.63, 3.8) is 0 Å². The van der Waals surface area contributed by atoms with Crippen LogP contribution in [0.1, 0.15) is 15.9 Å². The van der Waals surface area contributed by atoms with Crippen molar-refractivity contribution in [1.29, 1.82) is 0 Å². The van der Waals surface area contributed by atoms with E-state index in [0.717, 1.165) is 33.9 Å². The van der Waals surface area contributed by atoms with Gasteiger partial charge in [0, 0.05) is 28.5 Å². The molecule has 0 saturated carbocycles. The molecule has 27 heavy (non-hydrogen) atoms. The maximum Gasteiger partial charge on any atom is 0.347 e. The lowest BCUT2D eigenvalue weighted by molar-refractivity contribution is -0.870. The topological polar surface area (TPSA) is 51.3 Å². The number of likely N-dealkylation sites (N-methyl/N-ethyl adjacent to an activating group) is 1. The molecular weight excluding hydrogens is 364 g/mol. The monoisotopic (exact) mass is 387 g/mol. The van der Waals surface area contributed by atoms with E-state index in [4.69, 9.17) is 21.1 Å². The number of nitrogens with zero attached hydrogens (tertiary/aromatic N) is 1. The molecule has 0 bridgehead atoms. The van der Waals surface area contributed by atoms with E-state index < -0.39 is 5.97 Å². The highest BCUT2D eigenvalue weighted by Crippen LogP contribution is 2.31. The van der Waals surface area contributed by atoms with Crippen LogP contribution < -0.4 is 9.47 Å². The van der Waals surface area contributed by atoms with Gasteiger partial charge in [0.1, 0.15) is 17.1 Å². The molecule has 1 aromatic heterocycles.